The van der Waals surface area contributed by atoms with E-state index in [2.05, 4.69) is 0 Å². The van der Waals surface area contributed by atoms with Crippen molar-refractivity contribution in [2.24, 2.45) is 17.8 Å². The van der Waals surface area contributed by atoms with E-state index in [9.17, 15) is 14.9 Å². The maximum Gasteiger partial charge on any atom is 0.410 e. The van der Waals surface area contributed by atoms with Crippen LogP contribution in [0, 0.1) is 27.9 Å². The molecule has 1 amide bonds. The molecule has 0 N–H and O–H groups in total. The van der Waals surface area contributed by atoms with Gasteiger partial charge in [0.1, 0.15) is 5.60 Å². The zero-order valence-corrected chi connectivity index (χ0v) is 12.2. The van der Waals surface area contributed by atoms with Gasteiger partial charge in [0.25, 0.3) is 0 Å². The van der Waals surface area contributed by atoms with Crippen LogP contribution in [0.3, 0.4) is 0 Å². The van der Waals surface area contributed by atoms with Crippen molar-refractivity contribution in [1.82, 2.24) is 4.90 Å². The molecule has 0 aromatic rings. The summed E-state index contributed by atoms with van der Waals surface area (Å²) in [5.41, 5.74) is -0.488. The number of carbonyl (C=O) groups excluding carboxylic acids is 1. The Morgan fingerprint density at radius 2 is 1.85 bits per heavy atom. The highest BCUT2D eigenvalue weighted by Crippen LogP contribution is 2.42. The average molecular weight is 282 g/mol. The largest absolute Gasteiger partial charge is 0.444 e. The van der Waals surface area contributed by atoms with Gasteiger partial charge in [-0.25, -0.2) is 4.79 Å². The summed E-state index contributed by atoms with van der Waals surface area (Å²) in [6.45, 7) is 6.83. The van der Waals surface area contributed by atoms with E-state index in [1.807, 2.05) is 20.8 Å². The van der Waals surface area contributed by atoms with Crippen LogP contribution >= 0.6 is 0 Å². The van der Waals surface area contributed by atoms with E-state index in [0.29, 0.717) is 24.9 Å². The normalized spacial score (nSPS) is 29.8. The van der Waals surface area contributed by atoms with Crippen molar-refractivity contribution in [3.8, 4) is 0 Å². The van der Waals surface area contributed by atoms with Crippen molar-refractivity contribution in [2.75, 3.05) is 13.1 Å². The van der Waals surface area contributed by atoms with Gasteiger partial charge in [0.15, 0.2) is 0 Å². The summed E-state index contributed by atoms with van der Waals surface area (Å²) >= 11 is 0. The lowest BCUT2D eigenvalue weighted by atomic mass is 9.85. The van der Waals surface area contributed by atoms with Crippen molar-refractivity contribution < 1.29 is 14.5 Å². The van der Waals surface area contributed by atoms with Gasteiger partial charge in [0.05, 0.1) is 4.92 Å². The fourth-order valence-corrected chi connectivity index (χ4v) is 3.22. The molecule has 0 aromatic carbocycles. The number of fused-ring (bicyclic) bond motifs is 2. The molecule has 1 saturated heterocycles. The lowest BCUT2D eigenvalue weighted by molar-refractivity contribution is -0.403. The first-order chi connectivity index (χ1) is 9.26. The summed E-state index contributed by atoms with van der Waals surface area (Å²) < 4.78 is 5.40. The Morgan fingerprint density at radius 3 is 2.30 bits per heavy atom. The van der Waals surface area contributed by atoms with E-state index >= 15 is 0 Å². The van der Waals surface area contributed by atoms with Gasteiger partial charge in [-0.1, -0.05) is 0 Å². The Bertz CT molecular complexity index is 413. The van der Waals surface area contributed by atoms with Crippen molar-refractivity contribution in [3.05, 3.63) is 22.4 Å². The maximum absolute atomic E-state index is 12.1. The molecule has 112 valence electrons. The number of ether oxygens (including phenoxy) is 1. The predicted molar refractivity (Wildman–Crippen MR) is 73.6 cm³/mol. The van der Waals surface area contributed by atoms with Crippen molar-refractivity contribution in [3.63, 3.8) is 0 Å². The van der Waals surface area contributed by atoms with E-state index in [1.54, 1.807) is 11.0 Å². The van der Waals surface area contributed by atoms with Gasteiger partial charge in [-0.05, 0) is 57.4 Å². The zero-order chi connectivity index (χ0) is 14.9. The van der Waals surface area contributed by atoms with Crippen molar-refractivity contribution >= 4 is 6.09 Å². The second-order valence-electron chi connectivity index (χ2n) is 6.69. The smallest absolute Gasteiger partial charge is 0.410 e. The molecular formula is C14H22N2O4. The minimum absolute atomic E-state index is 0.221. The average Bonchev–Trinajstić information content (AvgIpc) is 2.54. The topological polar surface area (TPSA) is 72.7 Å². The van der Waals surface area contributed by atoms with Crippen LogP contribution in [0.2, 0.25) is 0 Å². The van der Waals surface area contributed by atoms with E-state index < -0.39 is 10.5 Å². The van der Waals surface area contributed by atoms with E-state index in [-0.39, 0.29) is 12.0 Å². The number of amides is 1. The van der Waals surface area contributed by atoms with Gasteiger partial charge in [0.2, 0.25) is 6.20 Å². The standard InChI is InChI=1S/C14H22N2O4/c1-14(2,3)20-13(17)15-8-10-4-5-11(9-15)12(10)6-7-16(18)19/h6-7,10-12H,4-5,8-9H2,1-3H3/b7-6+/t10-,11?,12?/m0/s1. The molecule has 1 aliphatic carbocycles. The highest BCUT2D eigenvalue weighted by atomic mass is 16.6. The molecule has 0 spiro atoms. The minimum atomic E-state index is -0.488. The summed E-state index contributed by atoms with van der Waals surface area (Å²) in [6, 6.07) is 0. The number of piperidine rings is 1. The number of nitrogens with zero attached hydrogens (tertiary/aromatic N) is 2. The molecule has 6 heteroatoms. The van der Waals surface area contributed by atoms with Crippen molar-refractivity contribution in [1.29, 1.82) is 0 Å². The first-order valence-electron chi connectivity index (χ1n) is 7.06. The highest BCUT2D eigenvalue weighted by Gasteiger charge is 2.43. The van der Waals surface area contributed by atoms with Gasteiger partial charge in [0, 0.05) is 13.1 Å². The Hall–Kier alpha value is -1.59. The van der Waals surface area contributed by atoms with Crippen LogP contribution in [0.25, 0.3) is 0 Å². The molecule has 1 saturated carbocycles. The quantitative estimate of drug-likeness (QED) is 0.576. The third kappa shape index (κ3) is 3.49. The predicted octanol–water partition coefficient (Wildman–Crippen LogP) is 2.67. The Morgan fingerprint density at radius 1 is 1.30 bits per heavy atom. The van der Waals surface area contributed by atoms with Crippen LogP contribution in [0.5, 0.6) is 0 Å². The van der Waals surface area contributed by atoms with E-state index in [0.717, 1.165) is 19.0 Å². The minimum Gasteiger partial charge on any atom is -0.444 e. The van der Waals surface area contributed by atoms with Crippen molar-refractivity contribution in [2.45, 2.75) is 39.2 Å². The molecule has 20 heavy (non-hydrogen) atoms. The van der Waals surface area contributed by atoms with Gasteiger partial charge in [-0.2, -0.15) is 0 Å². The molecule has 2 rings (SSSR count). The third-order valence-electron chi connectivity index (χ3n) is 3.99. The number of nitro groups is 1. The number of likely N-dealkylation sites (tertiary alicyclic amines) is 1. The Balaban J connectivity index is 1.98. The van der Waals surface area contributed by atoms with Crippen LogP contribution in [0.4, 0.5) is 4.79 Å². The molecule has 2 fully saturated rings. The van der Waals surface area contributed by atoms with Gasteiger partial charge in [-0.3, -0.25) is 10.1 Å². The lowest BCUT2D eigenvalue weighted by Gasteiger charge is -2.37. The third-order valence-corrected chi connectivity index (χ3v) is 3.99. The molecule has 0 radical (unpaired) electrons. The monoisotopic (exact) mass is 282 g/mol. The van der Waals surface area contributed by atoms with Gasteiger partial charge >= 0.3 is 6.09 Å². The van der Waals surface area contributed by atoms with E-state index in [1.165, 1.54) is 0 Å². The molecule has 6 nitrogen and oxygen atoms in total. The molecule has 2 bridgehead atoms. The van der Waals surface area contributed by atoms with Gasteiger partial charge < -0.3 is 9.64 Å². The van der Waals surface area contributed by atoms with Crippen LogP contribution < -0.4 is 0 Å². The maximum atomic E-state index is 12.1. The number of carbonyl (C=O) groups is 1. The number of rotatable bonds is 2. The summed E-state index contributed by atoms with van der Waals surface area (Å²) in [7, 11) is 0. The number of hydrogen-bond donors (Lipinski definition) is 0. The lowest BCUT2D eigenvalue weighted by Crippen LogP contribution is -2.46. The molecule has 3 atom stereocenters. The molecular weight excluding hydrogens is 260 g/mol. The fraction of sp³-hybridized carbons (Fsp3) is 0.786. The molecule has 0 aromatic heterocycles. The fourth-order valence-electron chi connectivity index (χ4n) is 3.22. The molecule has 1 aliphatic heterocycles. The number of allylic oxidation sites excluding steroid dienone is 1. The second kappa shape index (κ2) is 5.42. The summed E-state index contributed by atoms with van der Waals surface area (Å²) in [5.74, 6) is 0.856. The SMILES string of the molecule is CC(C)(C)OC(=O)N1CC2CC[C@@H](C1)C2/C=C/[N+](=O)[O-]. The van der Waals surface area contributed by atoms with Gasteiger partial charge in [-0.15, -0.1) is 0 Å². The Labute approximate surface area is 118 Å². The summed E-state index contributed by atoms with van der Waals surface area (Å²) in [4.78, 5) is 23.9. The second-order valence-corrected chi connectivity index (χ2v) is 6.69. The first kappa shape index (κ1) is 14.8. The van der Waals surface area contributed by atoms with Crippen LogP contribution in [-0.2, 0) is 4.74 Å². The van der Waals surface area contributed by atoms with E-state index in [4.69, 9.17) is 4.74 Å². The first-order valence-corrected chi connectivity index (χ1v) is 7.06. The molecule has 2 aliphatic rings. The summed E-state index contributed by atoms with van der Waals surface area (Å²) in [6.07, 6.45) is 4.52. The number of hydrogen-bond acceptors (Lipinski definition) is 4. The van der Waals surface area contributed by atoms with Crippen LogP contribution in [0.1, 0.15) is 33.6 Å². The highest BCUT2D eigenvalue weighted by molar-refractivity contribution is 5.68. The zero-order valence-electron chi connectivity index (χ0n) is 12.2. The summed E-state index contributed by atoms with van der Waals surface area (Å²) in [5, 5.41) is 10.4. The Kier molecular flexibility index (Phi) is 4.01. The molecule has 2 unspecified atom stereocenters. The van der Waals surface area contributed by atoms with Crippen LogP contribution in [0.15, 0.2) is 12.3 Å². The van der Waals surface area contributed by atoms with Crippen LogP contribution in [-0.4, -0.2) is 34.6 Å². The molecule has 1 heterocycles.